The second-order valence-corrected chi connectivity index (χ2v) is 7.62. The predicted molar refractivity (Wildman–Crippen MR) is 92.5 cm³/mol. The van der Waals surface area contributed by atoms with Crippen molar-refractivity contribution in [3.8, 4) is 0 Å². The summed E-state index contributed by atoms with van der Waals surface area (Å²) < 4.78 is 5.42. The van der Waals surface area contributed by atoms with Crippen molar-refractivity contribution < 1.29 is 9.21 Å². The summed E-state index contributed by atoms with van der Waals surface area (Å²) in [5.74, 6) is 1.51. The molecular weight excluding hydrogens is 322 g/mol. The number of likely N-dealkylation sites (tertiary alicyclic amines) is 2. The van der Waals surface area contributed by atoms with Crippen molar-refractivity contribution in [3.05, 3.63) is 40.7 Å². The molecule has 0 saturated carbocycles. The lowest BCUT2D eigenvalue weighted by Crippen LogP contribution is -2.42. The summed E-state index contributed by atoms with van der Waals surface area (Å²) in [4.78, 5) is 21.9. The van der Waals surface area contributed by atoms with Crippen molar-refractivity contribution in [2.45, 2.75) is 38.3 Å². The Bertz CT molecular complexity index is 648. The minimum Gasteiger partial charge on any atom is -0.468 e. The van der Waals surface area contributed by atoms with Gasteiger partial charge in [-0.1, -0.05) is 0 Å². The van der Waals surface area contributed by atoms with E-state index in [1.807, 2.05) is 23.7 Å². The van der Waals surface area contributed by atoms with E-state index in [9.17, 15) is 4.79 Å². The molecule has 24 heavy (non-hydrogen) atoms. The first-order valence-corrected chi connectivity index (χ1v) is 9.64. The first kappa shape index (κ1) is 15.8. The van der Waals surface area contributed by atoms with Crippen molar-refractivity contribution in [3.63, 3.8) is 0 Å². The van der Waals surface area contributed by atoms with Gasteiger partial charge in [0.25, 0.3) is 0 Å². The fourth-order valence-electron chi connectivity index (χ4n) is 3.88. The first-order valence-electron chi connectivity index (χ1n) is 8.76. The lowest BCUT2D eigenvalue weighted by Gasteiger charge is -2.34. The van der Waals surface area contributed by atoms with Crippen LogP contribution in [0.2, 0.25) is 0 Å². The molecule has 1 amide bonds. The molecule has 0 aromatic carbocycles. The van der Waals surface area contributed by atoms with Crippen molar-refractivity contribution in [2.24, 2.45) is 5.92 Å². The molecule has 0 unspecified atom stereocenters. The number of nitrogens with zero attached hydrogens (tertiary/aromatic N) is 3. The van der Waals surface area contributed by atoms with Gasteiger partial charge >= 0.3 is 0 Å². The number of hydrogen-bond donors (Lipinski definition) is 0. The molecule has 0 radical (unpaired) electrons. The van der Waals surface area contributed by atoms with E-state index in [1.54, 1.807) is 17.6 Å². The van der Waals surface area contributed by atoms with Crippen LogP contribution in [0.4, 0.5) is 0 Å². The Hall–Kier alpha value is -1.66. The molecular formula is C18H23N3O2S. The molecule has 2 aliphatic rings. The van der Waals surface area contributed by atoms with Crippen molar-refractivity contribution in [2.75, 3.05) is 19.6 Å². The molecule has 0 bridgehead atoms. The maximum Gasteiger partial charge on any atom is 0.226 e. The highest BCUT2D eigenvalue weighted by Gasteiger charge is 2.36. The van der Waals surface area contributed by atoms with Crippen LogP contribution >= 0.6 is 11.3 Å². The Morgan fingerprint density at radius 3 is 2.88 bits per heavy atom. The fraction of sp³-hybridized carbons (Fsp3) is 0.556. The van der Waals surface area contributed by atoms with E-state index in [0.29, 0.717) is 5.91 Å². The van der Waals surface area contributed by atoms with Crippen molar-refractivity contribution in [1.82, 2.24) is 14.8 Å². The number of carbonyl (C=O) groups excluding carboxylic acids is 1. The molecule has 2 aromatic rings. The second kappa shape index (κ2) is 7.07. The predicted octanol–water partition coefficient (Wildman–Crippen LogP) is 3.31. The number of piperidine rings is 1. The molecule has 0 spiro atoms. The van der Waals surface area contributed by atoms with E-state index in [1.165, 1.54) is 0 Å². The van der Waals surface area contributed by atoms with Gasteiger partial charge in [-0.2, -0.15) is 0 Å². The smallest absolute Gasteiger partial charge is 0.226 e. The zero-order chi connectivity index (χ0) is 16.4. The Morgan fingerprint density at radius 1 is 1.29 bits per heavy atom. The number of rotatable bonds is 4. The lowest BCUT2D eigenvalue weighted by molar-refractivity contribution is -0.138. The molecule has 4 heterocycles. The largest absolute Gasteiger partial charge is 0.468 e. The second-order valence-electron chi connectivity index (χ2n) is 6.69. The van der Waals surface area contributed by atoms with Gasteiger partial charge < -0.3 is 9.32 Å². The van der Waals surface area contributed by atoms with Gasteiger partial charge in [0.1, 0.15) is 10.8 Å². The normalized spacial score (nSPS) is 23.0. The van der Waals surface area contributed by atoms with E-state index in [2.05, 4.69) is 14.8 Å². The minimum atomic E-state index is 0.165. The molecule has 4 rings (SSSR count). The standard InChI is InChI=1S/C18H23N3O2S/c22-18(21-8-1-4-16(21)17-19-7-12-24-17)14-5-9-20(10-6-14)13-15-3-2-11-23-15/h2-3,7,11-12,14,16H,1,4-6,8-10,13H2/t16-/m1/s1. The molecule has 5 nitrogen and oxygen atoms in total. The van der Waals surface area contributed by atoms with Gasteiger partial charge in [-0.25, -0.2) is 4.98 Å². The van der Waals surface area contributed by atoms with Crippen LogP contribution in [-0.2, 0) is 11.3 Å². The van der Waals surface area contributed by atoms with E-state index >= 15 is 0 Å². The molecule has 2 aliphatic heterocycles. The Morgan fingerprint density at radius 2 is 2.17 bits per heavy atom. The average Bonchev–Trinajstić information content (AvgIpc) is 3.36. The maximum atomic E-state index is 13.0. The molecule has 2 fully saturated rings. The molecule has 128 valence electrons. The highest BCUT2D eigenvalue weighted by Crippen LogP contribution is 2.35. The van der Waals surface area contributed by atoms with Gasteiger partial charge in [0.05, 0.1) is 18.8 Å². The van der Waals surface area contributed by atoms with Gasteiger partial charge in [0.15, 0.2) is 0 Å². The molecule has 2 aromatic heterocycles. The first-order chi connectivity index (χ1) is 11.8. The molecule has 0 aliphatic carbocycles. The third-order valence-corrected chi connectivity index (χ3v) is 6.05. The van der Waals surface area contributed by atoms with Crippen LogP contribution in [0.3, 0.4) is 0 Å². The summed E-state index contributed by atoms with van der Waals surface area (Å²) in [5, 5.41) is 3.10. The quantitative estimate of drug-likeness (QED) is 0.853. The molecule has 1 atom stereocenters. The number of aromatic nitrogens is 1. The summed E-state index contributed by atoms with van der Waals surface area (Å²) in [7, 11) is 0. The molecule has 2 saturated heterocycles. The Labute approximate surface area is 146 Å². The number of thiazole rings is 1. The number of furan rings is 1. The number of carbonyl (C=O) groups is 1. The van der Waals surface area contributed by atoms with E-state index in [0.717, 1.165) is 62.6 Å². The fourth-order valence-corrected chi connectivity index (χ4v) is 4.67. The van der Waals surface area contributed by atoms with Crippen LogP contribution in [0.15, 0.2) is 34.4 Å². The number of hydrogen-bond acceptors (Lipinski definition) is 5. The number of amides is 1. The summed E-state index contributed by atoms with van der Waals surface area (Å²) >= 11 is 1.67. The van der Waals surface area contributed by atoms with Crippen LogP contribution in [0.25, 0.3) is 0 Å². The van der Waals surface area contributed by atoms with Crippen LogP contribution in [0.1, 0.15) is 42.5 Å². The van der Waals surface area contributed by atoms with Gasteiger partial charge in [-0.05, 0) is 50.9 Å². The van der Waals surface area contributed by atoms with Gasteiger partial charge in [0.2, 0.25) is 5.91 Å². The zero-order valence-corrected chi connectivity index (χ0v) is 14.6. The van der Waals surface area contributed by atoms with Crippen molar-refractivity contribution in [1.29, 1.82) is 0 Å². The molecule has 0 N–H and O–H groups in total. The summed E-state index contributed by atoms with van der Waals surface area (Å²) in [6.45, 7) is 3.66. The SMILES string of the molecule is O=C(C1CCN(Cc2ccco2)CC1)N1CCC[C@@H]1c1nccs1. The van der Waals surface area contributed by atoms with Gasteiger partial charge in [0, 0.05) is 24.0 Å². The summed E-state index contributed by atoms with van der Waals surface area (Å²) in [6.07, 6.45) is 7.59. The topological polar surface area (TPSA) is 49.6 Å². The average molecular weight is 345 g/mol. The van der Waals surface area contributed by atoms with E-state index in [4.69, 9.17) is 4.42 Å². The van der Waals surface area contributed by atoms with Crippen LogP contribution < -0.4 is 0 Å². The van der Waals surface area contributed by atoms with E-state index in [-0.39, 0.29) is 12.0 Å². The Balaban J connectivity index is 1.34. The Kier molecular flexibility index (Phi) is 4.67. The van der Waals surface area contributed by atoms with Crippen LogP contribution in [0.5, 0.6) is 0 Å². The van der Waals surface area contributed by atoms with Crippen LogP contribution in [-0.4, -0.2) is 40.3 Å². The van der Waals surface area contributed by atoms with Gasteiger partial charge in [-0.15, -0.1) is 11.3 Å². The zero-order valence-electron chi connectivity index (χ0n) is 13.8. The minimum absolute atomic E-state index is 0.165. The van der Waals surface area contributed by atoms with Gasteiger partial charge in [-0.3, -0.25) is 9.69 Å². The molecule has 6 heteroatoms. The summed E-state index contributed by atoms with van der Waals surface area (Å²) in [5.41, 5.74) is 0. The third-order valence-electron chi connectivity index (χ3n) is 5.17. The van der Waals surface area contributed by atoms with Crippen LogP contribution in [0, 0.1) is 5.92 Å². The summed E-state index contributed by atoms with van der Waals surface area (Å²) in [6, 6.07) is 4.15. The highest BCUT2D eigenvalue weighted by atomic mass is 32.1. The lowest BCUT2D eigenvalue weighted by atomic mass is 9.95. The highest BCUT2D eigenvalue weighted by molar-refractivity contribution is 7.09. The maximum absolute atomic E-state index is 13.0. The van der Waals surface area contributed by atoms with E-state index < -0.39 is 0 Å². The van der Waals surface area contributed by atoms with Crippen molar-refractivity contribution >= 4 is 17.2 Å². The third kappa shape index (κ3) is 3.26. The monoisotopic (exact) mass is 345 g/mol.